The summed E-state index contributed by atoms with van der Waals surface area (Å²) in [6.07, 6.45) is 1.42. The zero-order chi connectivity index (χ0) is 13.5. The molecule has 1 unspecified atom stereocenters. The van der Waals surface area contributed by atoms with Gasteiger partial charge in [0.25, 0.3) is 0 Å². The molecule has 1 rings (SSSR count). The molecule has 0 saturated carbocycles. The molecule has 0 spiro atoms. The molecular weight excluding hydrogens is 226 g/mol. The lowest BCUT2D eigenvalue weighted by atomic mass is 9.97. The molecule has 1 atom stereocenters. The Labute approximate surface area is 110 Å². The molecule has 100 valence electrons. The van der Waals surface area contributed by atoms with E-state index in [1.54, 1.807) is 0 Å². The van der Waals surface area contributed by atoms with Crippen molar-refractivity contribution in [3.8, 4) is 0 Å². The van der Waals surface area contributed by atoms with Gasteiger partial charge in [0.15, 0.2) is 0 Å². The van der Waals surface area contributed by atoms with Crippen LogP contribution in [-0.2, 0) is 9.53 Å². The van der Waals surface area contributed by atoms with Crippen molar-refractivity contribution in [2.24, 2.45) is 0 Å². The average Bonchev–Trinajstić information content (AvgIpc) is 2.34. The predicted molar refractivity (Wildman–Crippen MR) is 73.6 cm³/mol. The van der Waals surface area contributed by atoms with Gasteiger partial charge in [-0.15, -0.1) is 0 Å². The van der Waals surface area contributed by atoms with Crippen LogP contribution in [0.5, 0.6) is 0 Å². The maximum absolute atomic E-state index is 11.5. The highest BCUT2D eigenvalue weighted by atomic mass is 16.5. The maximum Gasteiger partial charge on any atom is 0.307 e. The van der Waals surface area contributed by atoms with E-state index in [0.717, 1.165) is 13.0 Å². The van der Waals surface area contributed by atoms with E-state index >= 15 is 0 Å². The van der Waals surface area contributed by atoms with Crippen molar-refractivity contribution in [2.45, 2.75) is 39.7 Å². The summed E-state index contributed by atoms with van der Waals surface area (Å²) in [6.45, 7) is 7.17. The van der Waals surface area contributed by atoms with Crippen LogP contribution in [0.15, 0.2) is 18.2 Å². The summed E-state index contributed by atoms with van der Waals surface area (Å²) in [7, 11) is 1.43. The summed E-state index contributed by atoms with van der Waals surface area (Å²) in [5.74, 6) is -0.177. The van der Waals surface area contributed by atoms with Gasteiger partial charge in [-0.05, 0) is 37.9 Å². The Morgan fingerprint density at radius 1 is 1.39 bits per heavy atom. The van der Waals surface area contributed by atoms with Gasteiger partial charge in [-0.2, -0.15) is 0 Å². The van der Waals surface area contributed by atoms with Crippen LogP contribution >= 0.6 is 0 Å². The fraction of sp³-hybridized carbons (Fsp3) is 0.533. The molecule has 0 aliphatic rings. The van der Waals surface area contributed by atoms with Crippen molar-refractivity contribution in [3.63, 3.8) is 0 Å². The molecule has 0 bridgehead atoms. The molecule has 18 heavy (non-hydrogen) atoms. The molecule has 1 aromatic carbocycles. The summed E-state index contributed by atoms with van der Waals surface area (Å²) in [4.78, 5) is 11.5. The largest absolute Gasteiger partial charge is 0.469 e. The monoisotopic (exact) mass is 249 g/mol. The van der Waals surface area contributed by atoms with Gasteiger partial charge in [-0.3, -0.25) is 4.79 Å². The van der Waals surface area contributed by atoms with Crippen LogP contribution in [-0.4, -0.2) is 19.6 Å². The normalized spacial score (nSPS) is 12.2. The lowest BCUT2D eigenvalue weighted by Gasteiger charge is -2.20. The van der Waals surface area contributed by atoms with Gasteiger partial charge in [0.05, 0.1) is 13.5 Å². The minimum absolute atomic E-state index is 0.0398. The number of rotatable bonds is 6. The van der Waals surface area contributed by atoms with E-state index in [2.05, 4.69) is 44.3 Å². The van der Waals surface area contributed by atoms with Gasteiger partial charge in [0, 0.05) is 6.04 Å². The Hall–Kier alpha value is -1.35. The molecule has 0 aliphatic heterocycles. The summed E-state index contributed by atoms with van der Waals surface area (Å²) >= 11 is 0. The standard InChI is InChI=1S/C15H23NO2/c1-5-8-16-14(10-15(17)18-4)13-7-6-11(2)9-12(13)3/h6-7,9,14,16H,5,8,10H2,1-4H3. The topological polar surface area (TPSA) is 38.3 Å². The molecule has 0 radical (unpaired) electrons. The number of hydrogen-bond donors (Lipinski definition) is 1. The third-order valence-electron chi connectivity index (χ3n) is 3.04. The number of methoxy groups -OCH3 is 1. The van der Waals surface area contributed by atoms with Crippen LogP contribution in [0.4, 0.5) is 0 Å². The van der Waals surface area contributed by atoms with Crippen molar-refractivity contribution in [1.29, 1.82) is 0 Å². The minimum atomic E-state index is -0.177. The Kier molecular flexibility index (Phi) is 5.86. The Morgan fingerprint density at radius 2 is 2.11 bits per heavy atom. The van der Waals surface area contributed by atoms with E-state index in [9.17, 15) is 4.79 Å². The van der Waals surface area contributed by atoms with Crippen molar-refractivity contribution < 1.29 is 9.53 Å². The molecule has 0 fully saturated rings. The van der Waals surface area contributed by atoms with E-state index in [-0.39, 0.29) is 12.0 Å². The number of hydrogen-bond acceptors (Lipinski definition) is 3. The van der Waals surface area contributed by atoms with Crippen LogP contribution in [0.25, 0.3) is 0 Å². The van der Waals surface area contributed by atoms with E-state index in [4.69, 9.17) is 4.74 Å². The smallest absolute Gasteiger partial charge is 0.307 e. The minimum Gasteiger partial charge on any atom is -0.469 e. The average molecular weight is 249 g/mol. The van der Waals surface area contributed by atoms with Gasteiger partial charge < -0.3 is 10.1 Å². The van der Waals surface area contributed by atoms with Gasteiger partial charge in [-0.1, -0.05) is 30.7 Å². The third kappa shape index (κ3) is 4.15. The molecule has 1 aromatic rings. The molecule has 0 saturated heterocycles. The number of aryl methyl sites for hydroxylation is 2. The van der Waals surface area contributed by atoms with E-state index in [1.165, 1.54) is 23.8 Å². The summed E-state index contributed by atoms with van der Waals surface area (Å²) in [5.41, 5.74) is 3.63. The number of ether oxygens (including phenoxy) is 1. The van der Waals surface area contributed by atoms with Crippen molar-refractivity contribution >= 4 is 5.97 Å². The number of benzene rings is 1. The molecule has 3 heteroatoms. The van der Waals surface area contributed by atoms with Crippen LogP contribution in [0, 0.1) is 13.8 Å². The molecule has 0 aromatic heterocycles. The predicted octanol–water partition coefficient (Wildman–Crippen LogP) is 2.91. The van der Waals surface area contributed by atoms with Crippen molar-refractivity contribution in [3.05, 3.63) is 34.9 Å². The zero-order valence-corrected chi connectivity index (χ0v) is 11.7. The molecule has 3 nitrogen and oxygen atoms in total. The Morgan fingerprint density at radius 3 is 2.67 bits per heavy atom. The first kappa shape index (κ1) is 14.7. The van der Waals surface area contributed by atoms with Gasteiger partial charge in [-0.25, -0.2) is 0 Å². The third-order valence-corrected chi connectivity index (χ3v) is 3.04. The number of carbonyl (C=O) groups excluding carboxylic acids is 1. The molecular formula is C15H23NO2. The first-order chi connectivity index (χ1) is 8.58. The molecule has 0 heterocycles. The molecule has 1 N–H and O–H groups in total. The zero-order valence-electron chi connectivity index (χ0n) is 11.7. The van der Waals surface area contributed by atoms with Crippen LogP contribution < -0.4 is 5.32 Å². The number of esters is 1. The summed E-state index contributed by atoms with van der Waals surface area (Å²) in [5, 5.41) is 3.41. The fourth-order valence-corrected chi connectivity index (χ4v) is 2.08. The maximum atomic E-state index is 11.5. The van der Waals surface area contributed by atoms with Gasteiger partial charge in [0.2, 0.25) is 0 Å². The fourth-order valence-electron chi connectivity index (χ4n) is 2.08. The highest BCUT2D eigenvalue weighted by molar-refractivity contribution is 5.70. The van der Waals surface area contributed by atoms with E-state index in [0.29, 0.717) is 6.42 Å². The number of carbonyl (C=O) groups is 1. The van der Waals surface area contributed by atoms with Gasteiger partial charge in [0.1, 0.15) is 0 Å². The van der Waals surface area contributed by atoms with E-state index in [1.807, 2.05) is 0 Å². The summed E-state index contributed by atoms with van der Waals surface area (Å²) in [6, 6.07) is 6.37. The van der Waals surface area contributed by atoms with E-state index < -0.39 is 0 Å². The second-order valence-electron chi connectivity index (χ2n) is 4.65. The summed E-state index contributed by atoms with van der Waals surface area (Å²) < 4.78 is 4.77. The second-order valence-corrected chi connectivity index (χ2v) is 4.65. The Bertz CT molecular complexity index is 401. The molecule has 0 aliphatic carbocycles. The van der Waals surface area contributed by atoms with Crippen LogP contribution in [0.2, 0.25) is 0 Å². The van der Waals surface area contributed by atoms with Crippen LogP contribution in [0.3, 0.4) is 0 Å². The second kappa shape index (κ2) is 7.17. The lowest BCUT2D eigenvalue weighted by molar-refractivity contribution is -0.141. The Balaban J connectivity index is 2.89. The lowest BCUT2D eigenvalue weighted by Crippen LogP contribution is -2.25. The van der Waals surface area contributed by atoms with Crippen molar-refractivity contribution in [1.82, 2.24) is 5.32 Å². The first-order valence-corrected chi connectivity index (χ1v) is 6.45. The first-order valence-electron chi connectivity index (χ1n) is 6.45. The quantitative estimate of drug-likeness (QED) is 0.788. The van der Waals surface area contributed by atoms with Crippen molar-refractivity contribution in [2.75, 3.05) is 13.7 Å². The highest BCUT2D eigenvalue weighted by Crippen LogP contribution is 2.22. The van der Waals surface area contributed by atoms with Gasteiger partial charge >= 0.3 is 5.97 Å². The molecule has 0 amide bonds. The number of nitrogens with one attached hydrogen (secondary N) is 1. The SMILES string of the molecule is CCCNC(CC(=O)OC)c1ccc(C)cc1C. The van der Waals surface area contributed by atoms with Crippen LogP contribution in [0.1, 0.15) is 42.5 Å². The highest BCUT2D eigenvalue weighted by Gasteiger charge is 2.17.